The second-order valence-electron chi connectivity index (χ2n) is 6.88. The maximum absolute atomic E-state index is 12.3. The van der Waals surface area contributed by atoms with Crippen molar-refractivity contribution in [3.8, 4) is 0 Å². The topological polar surface area (TPSA) is 98.7 Å². The van der Waals surface area contributed by atoms with Gasteiger partial charge in [-0.2, -0.15) is 10.1 Å². The quantitative estimate of drug-likeness (QED) is 0.654. The molecule has 0 saturated heterocycles. The number of amides is 1. The zero-order valence-corrected chi connectivity index (χ0v) is 15.6. The van der Waals surface area contributed by atoms with E-state index in [2.05, 4.69) is 25.5 Å². The van der Waals surface area contributed by atoms with Crippen molar-refractivity contribution in [2.45, 2.75) is 52.5 Å². The summed E-state index contributed by atoms with van der Waals surface area (Å²) in [5, 5.41) is 12.0. The SMILES string of the molecule is CC(C)c1noc(CCCNC(=O)c2cnc3c(cnn3C(C)C)c2)n1. The normalized spacial score (nSPS) is 11.6. The zero-order chi connectivity index (χ0) is 18.7. The van der Waals surface area contributed by atoms with Crippen molar-refractivity contribution < 1.29 is 9.32 Å². The van der Waals surface area contributed by atoms with Crippen LogP contribution in [0.25, 0.3) is 11.0 Å². The van der Waals surface area contributed by atoms with Gasteiger partial charge in [0.25, 0.3) is 5.91 Å². The van der Waals surface area contributed by atoms with Gasteiger partial charge in [0.15, 0.2) is 11.5 Å². The molecule has 3 rings (SSSR count). The van der Waals surface area contributed by atoms with Gasteiger partial charge < -0.3 is 9.84 Å². The van der Waals surface area contributed by atoms with Crippen LogP contribution in [-0.4, -0.2) is 37.4 Å². The fourth-order valence-electron chi connectivity index (χ4n) is 2.59. The van der Waals surface area contributed by atoms with Gasteiger partial charge in [-0.15, -0.1) is 0 Å². The summed E-state index contributed by atoms with van der Waals surface area (Å²) in [5.74, 6) is 1.41. The van der Waals surface area contributed by atoms with Gasteiger partial charge in [0.05, 0.1) is 11.8 Å². The number of aromatic nitrogens is 5. The third kappa shape index (κ3) is 3.89. The molecule has 3 aromatic heterocycles. The number of carbonyl (C=O) groups is 1. The minimum Gasteiger partial charge on any atom is -0.352 e. The van der Waals surface area contributed by atoms with Gasteiger partial charge in [0.2, 0.25) is 5.89 Å². The van der Waals surface area contributed by atoms with Gasteiger partial charge in [-0.1, -0.05) is 19.0 Å². The molecule has 1 N–H and O–H groups in total. The van der Waals surface area contributed by atoms with E-state index in [0.717, 1.165) is 17.5 Å². The van der Waals surface area contributed by atoms with Crippen molar-refractivity contribution in [2.24, 2.45) is 0 Å². The second-order valence-corrected chi connectivity index (χ2v) is 6.88. The minimum absolute atomic E-state index is 0.148. The molecule has 0 radical (unpaired) electrons. The predicted molar refractivity (Wildman–Crippen MR) is 97.0 cm³/mol. The van der Waals surface area contributed by atoms with E-state index in [0.29, 0.717) is 30.2 Å². The van der Waals surface area contributed by atoms with Crippen LogP contribution in [0.1, 0.15) is 68.1 Å². The lowest BCUT2D eigenvalue weighted by Gasteiger charge is -2.07. The summed E-state index contributed by atoms with van der Waals surface area (Å²) >= 11 is 0. The molecule has 0 atom stereocenters. The van der Waals surface area contributed by atoms with E-state index in [1.54, 1.807) is 12.4 Å². The second kappa shape index (κ2) is 7.63. The highest BCUT2D eigenvalue weighted by Gasteiger charge is 2.12. The predicted octanol–water partition coefficient (Wildman–Crippen LogP) is 2.88. The summed E-state index contributed by atoms with van der Waals surface area (Å²) in [6.45, 7) is 8.65. The molecule has 0 bridgehead atoms. The molecule has 3 heterocycles. The van der Waals surface area contributed by atoms with E-state index in [1.165, 1.54) is 0 Å². The van der Waals surface area contributed by atoms with Gasteiger partial charge in [-0.25, -0.2) is 9.67 Å². The summed E-state index contributed by atoms with van der Waals surface area (Å²) in [6.07, 6.45) is 4.69. The van der Waals surface area contributed by atoms with Crippen LogP contribution >= 0.6 is 0 Å². The molecule has 0 aliphatic carbocycles. The average molecular weight is 356 g/mol. The molecule has 0 saturated carbocycles. The van der Waals surface area contributed by atoms with Gasteiger partial charge in [-0.3, -0.25) is 4.79 Å². The summed E-state index contributed by atoms with van der Waals surface area (Å²) in [7, 11) is 0. The number of nitrogens with zero attached hydrogens (tertiary/aromatic N) is 5. The number of fused-ring (bicyclic) bond motifs is 1. The first kappa shape index (κ1) is 18.0. The Morgan fingerprint density at radius 2 is 2.08 bits per heavy atom. The van der Waals surface area contributed by atoms with E-state index in [9.17, 15) is 4.79 Å². The lowest BCUT2D eigenvalue weighted by Crippen LogP contribution is -2.25. The molecule has 26 heavy (non-hydrogen) atoms. The highest BCUT2D eigenvalue weighted by Crippen LogP contribution is 2.16. The molecule has 0 unspecified atom stereocenters. The van der Waals surface area contributed by atoms with Crippen LogP contribution in [0.3, 0.4) is 0 Å². The maximum Gasteiger partial charge on any atom is 0.252 e. The molecule has 0 spiro atoms. The molecule has 8 heteroatoms. The third-order valence-electron chi connectivity index (χ3n) is 4.04. The molecule has 3 aromatic rings. The Hall–Kier alpha value is -2.77. The van der Waals surface area contributed by atoms with Crippen LogP contribution in [0.5, 0.6) is 0 Å². The van der Waals surface area contributed by atoms with Crippen molar-refractivity contribution in [3.63, 3.8) is 0 Å². The molecule has 0 fully saturated rings. The molecule has 0 aliphatic heterocycles. The minimum atomic E-state index is -0.148. The fourth-order valence-corrected chi connectivity index (χ4v) is 2.59. The molecular weight excluding hydrogens is 332 g/mol. The van der Waals surface area contributed by atoms with Gasteiger partial charge in [0, 0.05) is 36.5 Å². The highest BCUT2D eigenvalue weighted by molar-refractivity contribution is 5.96. The third-order valence-corrected chi connectivity index (χ3v) is 4.04. The molecule has 0 aromatic carbocycles. The smallest absolute Gasteiger partial charge is 0.252 e. The average Bonchev–Trinajstić information content (AvgIpc) is 3.24. The van der Waals surface area contributed by atoms with Crippen molar-refractivity contribution in [1.82, 2.24) is 30.2 Å². The lowest BCUT2D eigenvalue weighted by atomic mass is 10.2. The summed E-state index contributed by atoms with van der Waals surface area (Å²) in [5.41, 5.74) is 1.31. The molecular formula is C18H24N6O2. The van der Waals surface area contributed by atoms with Gasteiger partial charge in [-0.05, 0) is 26.3 Å². The lowest BCUT2D eigenvalue weighted by molar-refractivity contribution is 0.0952. The molecule has 1 amide bonds. The summed E-state index contributed by atoms with van der Waals surface area (Å²) in [6, 6.07) is 2.04. The van der Waals surface area contributed by atoms with Crippen LogP contribution in [0, 0.1) is 0 Å². The number of carbonyl (C=O) groups excluding carboxylic acids is 1. The first-order valence-electron chi connectivity index (χ1n) is 8.89. The maximum atomic E-state index is 12.3. The van der Waals surface area contributed by atoms with E-state index in [-0.39, 0.29) is 17.9 Å². The van der Waals surface area contributed by atoms with Crippen molar-refractivity contribution >= 4 is 16.9 Å². The van der Waals surface area contributed by atoms with E-state index < -0.39 is 0 Å². The molecule has 8 nitrogen and oxygen atoms in total. The number of rotatable bonds is 7. The van der Waals surface area contributed by atoms with Crippen LogP contribution in [-0.2, 0) is 6.42 Å². The van der Waals surface area contributed by atoms with E-state index in [4.69, 9.17) is 4.52 Å². The Morgan fingerprint density at radius 1 is 1.27 bits per heavy atom. The van der Waals surface area contributed by atoms with E-state index >= 15 is 0 Å². The number of pyridine rings is 1. The monoisotopic (exact) mass is 356 g/mol. The number of hydrogen-bond donors (Lipinski definition) is 1. The van der Waals surface area contributed by atoms with Crippen LogP contribution in [0.15, 0.2) is 23.0 Å². The zero-order valence-electron chi connectivity index (χ0n) is 15.6. The van der Waals surface area contributed by atoms with Crippen LogP contribution in [0.4, 0.5) is 0 Å². The van der Waals surface area contributed by atoms with Crippen molar-refractivity contribution in [2.75, 3.05) is 6.54 Å². The highest BCUT2D eigenvalue weighted by atomic mass is 16.5. The number of aryl methyl sites for hydroxylation is 1. The van der Waals surface area contributed by atoms with Crippen LogP contribution in [0.2, 0.25) is 0 Å². The van der Waals surface area contributed by atoms with Gasteiger partial charge in [0.1, 0.15) is 0 Å². The summed E-state index contributed by atoms with van der Waals surface area (Å²) in [4.78, 5) is 21.0. The largest absolute Gasteiger partial charge is 0.352 e. The Bertz CT molecular complexity index is 896. The Balaban J connectivity index is 1.53. The number of hydrogen-bond acceptors (Lipinski definition) is 6. The number of nitrogens with one attached hydrogen (secondary N) is 1. The first-order chi connectivity index (χ1) is 12.5. The summed E-state index contributed by atoms with van der Waals surface area (Å²) < 4.78 is 7.03. The standard InChI is InChI=1S/C18H24N6O2/c1-11(2)16-22-15(26-23-16)6-5-7-19-18(25)14-8-13-10-21-24(12(3)4)17(13)20-9-14/h8-12H,5-7H2,1-4H3,(H,19,25). The van der Waals surface area contributed by atoms with Gasteiger partial charge >= 0.3 is 0 Å². The Morgan fingerprint density at radius 3 is 2.77 bits per heavy atom. The van der Waals surface area contributed by atoms with Crippen molar-refractivity contribution in [3.05, 3.63) is 35.7 Å². The Kier molecular flexibility index (Phi) is 5.29. The van der Waals surface area contributed by atoms with E-state index in [1.807, 2.05) is 38.4 Å². The van der Waals surface area contributed by atoms with Crippen molar-refractivity contribution in [1.29, 1.82) is 0 Å². The molecule has 138 valence electrons. The Labute approximate surface area is 152 Å². The fraction of sp³-hybridized carbons (Fsp3) is 0.500. The molecule has 0 aliphatic rings. The first-order valence-corrected chi connectivity index (χ1v) is 8.89. The van der Waals surface area contributed by atoms with Crippen LogP contribution < -0.4 is 5.32 Å².